The van der Waals surface area contributed by atoms with Crippen LogP contribution in [0.15, 0.2) is 27.8 Å². The van der Waals surface area contributed by atoms with Crippen molar-refractivity contribution in [2.75, 3.05) is 11.5 Å². The van der Waals surface area contributed by atoms with E-state index in [0.717, 1.165) is 23.3 Å². The summed E-state index contributed by atoms with van der Waals surface area (Å²) in [5.74, 6) is 0.808. The third-order valence-electron chi connectivity index (χ3n) is 2.65. The molecular formula is C13H15N3OS. The second-order valence-electron chi connectivity index (χ2n) is 4.80. The molecule has 2 N–H and O–H groups in total. The molecule has 1 aromatic heterocycles. The summed E-state index contributed by atoms with van der Waals surface area (Å²) in [4.78, 5) is 4.35. The predicted octanol–water partition coefficient (Wildman–Crippen LogP) is 3.44. The molecule has 4 nitrogen and oxygen atoms in total. The molecule has 0 spiro atoms. The molecule has 0 radical (unpaired) electrons. The monoisotopic (exact) mass is 261 g/mol. The number of oxazole rings is 1. The first kappa shape index (κ1) is 12.8. The van der Waals surface area contributed by atoms with E-state index in [0.29, 0.717) is 10.9 Å². The highest BCUT2D eigenvalue weighted by atomic mass is 32.2. The van der Waals surface area contributed by atoms with Gasteiger partial charge in [0.15, 0.2) is 5.58 Å². The average molecular weight is 261 g/mol. The number of rotatable bonds is 4. The minimum absolute atomic E-state index is 0.302. The van der Waals surface area contributed by atoms with Crippen molar-refractivity contribution in [3.8, 4) is 6.07 Å². The number of benzene rings is 1. The van der Waals surface area contributed by atoms with Crippen molar-refractivity contribution in [1.82, 2.24) is 4.98 Å². The maximum Gasteiger partial charge on any atom is 0.256 e. The number of thioether (sulfide) groups is 1. The summed E-state index contributed by atoms with van der Waals surface area (Å²) in [6.07, 6.45) is 0.801. The third kappa shape index (κ3) is 2.96. The maximum atomic E-state index is 8.92. The zero-order chi connectivity index (χ0) is 13.2. The molecule has 0 fully saturated rings. The number of fused-ring (bicyclic) bond motifs is 1. The van der Waals surface area contributed by atoms with Gasteiger partial charge in [-0.3, -0.25) is 0 Å². The van der Waals surface area contributed by atoms with Gasteiger partial charge in [0.1, 0.15) is 5.52 Å². The minimum atomic E-state index is -0.302. The van der Waals surface area contributed by atoms with Crippen LogP contribution in [0.4, 0.5) is 5.69 Å². The van der Waals surface area contributed by atoms with Gasteiger partial charge in [0.25, 0.3) is 5.22 Å². The SMILES string of the molecule is CC(C)(C#N)CCSc1nc2cc(N)ccc2o1. The molecule has 0 aliphatic carbocycles. The number of nitriles is 1. The van der Waals surface area contributed by atoms with Gasteiger partial charge in [0.2, 0.25) is 0 Å². The summed E-state index contributed by atoms with van der Waals surface area (Å²) < 4.78 is 5.58. The first-order chi connectivity index (χ1) is 8.50. The maximum absolute atomic E-state index is 8.92. The second-order valence-corrected chi connectivity index (χ2v) is 5.85. The van der Waals surface area contributed by atoms with Crippen LogP contribution in [0.2, 0.25) is 0 Å². The molecule has 0 saturated heterocycles. The van der Waals surface area contributed by atoms with Crippen molar-refractivity contribution >= 4 is 28.5 Å². The van der Waals surface area contributed by atoms with Crippen molar-refractivity contribution in [2.45, 2.75) is 25.5 Å². The van der Waals surface area contributed by atoms with E-state index in [1.54, 1.807) is 12.1 Å². The van der Waals surface area contributed by atoms with E-state index in [1.165, 1.54) is 11.8 Å². The molecule has 0 bridgehead atoms. The van der Waals surface area contributed by atoms with Crippen LogP contribution in [0, 0.1) is 16.7 Å². The number of nitrogen functional groups attached to an aromatic ring is 1. The van der Waals surface area contributed by atoms with Crippen LogP contribution in [0.25, 0.3) is 11.1 Å². The molecule has 0 atom stereocenters. The molecule has 1 aromatic carbocycles. The molecule has 5 heteroatoms. The van der Waals surface area contributed by atoms with E-state index in [2.05, 4.69) is 11.1 Å². The Kier molecular flexibility index (Phi) is 3.48. The van der Waals surface area contributed by atoms with Gasteiger partial charge in [0.05, 0.1) is 11.5 Å². The lowest BCUT2D eigenvalue weighted by Crippen LogP contribution is -2.08. The second kappa shape index (κ2) is 4.91. The number of nitrogens with two attached hydrogens (primary N) is 1. The van der Waals surface area contributed by atoms with Crippen molar-refractivity contribution in [2.24, 2.45) is 5.41 Å². The smallest absolute Gasteiger partial charge is 0.256 e. The fourth-order valence-corrected chi connectivity index (χ4v) is 2.53. The van der Waals surface area contributed by atoms with E-state index in [9.17, 15) is 0 Å². The lowest BCUT2D eigenvalue weighted by Gasteiger charge is -2.12. The standard InChI is InChI=1S/C13H15N3OS/c1-13(2,8-14)5-6-18-12-16-10-7-9(15)3-4-11(10)17-12/h3-4,7H,5-6,15H2,1-2H3. The van der Waals surface area contributed by atoms with Crippen molar-refractivity contribution in [3.05, 3.63) is 18.2 Å². The van der Waals surface area contributed by atoms with Gasteiger partial charge in [-0.2, -0.15) is 5.26 Å². The molecule has 0 aliphatic heterocycles. The van der Waals surface area contributed by atoms with Gasteiger partial charge in [-0.15, -0.1) is 0 Å². The minimum Gasteiger partial charge on any atom is -0.431 e. The molecule has 0 amide bonds. The van der Waals surface area contributed by atoms with Crippen LogP contribution >= 0.6 is 11.8 Å². The van der Waals surface area contributed by atoms with Crippen LogP contribution in [0.3, 0.4) is 0 Å². The lowest BCUT2D eigenvalue weighted by atomic mass is 9.93. The quantitative estimate of drug-likeness (QED) is 0.674. The Bertz CT molecular complexity index is 598. The fourth-order valence-electron chi connectivity index (χ4n) is 1.43. The number of aromatic nitrogens is 1. The highest BCUT2D eigenvalue weighted by molar-refractivity contribution is 7.99. The van der Waals surface area contributed by atoms with E-state index in [-0.39, 0.29) is 5.41 Å². The van der Waals surface area contributed by atoms with Gasteiger partial charge in [0, 0.05) is 11.4 Å². The Morgan fingerprint density at radius 1 is 1.50 bits per heavy atom. The summed E-state index contributed by atoms with van der Waals surface area (Å²) in [5.41, 5.74) is 7.58. The van der Waals surface area contributed by atoms with Crippen LogP contribution in [-0.4, -0.2) is 10.7 Å². The Balaban J connectivity index is 2.03. The topological polar surface area (TPSA) is 75.8 Å². The molecule has 0 unspecified atom stereocenters. The Morgan fingerprint density at radius 3 is 3.00 bits per heavy atom. The van der Waals surface area contributed by atoms with E-state index in [1.807, 2.05) is 19.9 Å². The summed E-state index contributed by atoms with van der Waals surface area (Å²) in [7, 11) is 0. The highest BCUT2D eigenvalue weighted by Gasteiger charge is 2.17. The third-order valence-corrected chi connectivity index (χ3v) is 3.48. The number of hydrogen-bond donors (Lipinski definition) is 1. The molecule has 94 valence electrons. The first-order valence-corrected chi connectivity index (χ1v) is 6.69. The lowest BCUT2D eigenvalue weighted by molar-refractivity contribution is 0.473. The molecule has 0 aliphatic rings. The van der Waals surface area contributed by atoms with E-state index < -0.39 is 0 Å². The van der Waals surface area contributed by atoms with Crippen LogP contribution in [0.5, 0.6) is 0 Å². The molecule has 18 heavy (non-hydrogen) atoms. The van der Waals surface area contributed by atoms with Crippen LogP contribution < -0.4 is 5.73 Å². The predicted molar refractivity (Wildman–Crippen MR) is 73.2 cm³/mol. The molecular weight excluding hydrogens is 246 g/mol. The summed E-state index contributed by atoms with van der Waals surface area (Å²) in [5, 5.41) is 9.55. The highest BCUT2D eigenvalue weighted by Crippen LogP contribution is 2.28. The van der Waals surface area contributed by atoms with Gasteiger partial charge in [-0.25, -0.2) is 4.98 Å². The largest absolute Gasteiger partial charge is 0.431 e. The number of nitrogens with zero attached hydrogens (tertiary/aromatic N) is 2. The van der Waals surface area contributed by atoms with E-state index in [4.69, 9.17) is 15.4 Å². The summed E-state index contributed by atoms with van der Waals surface area (Å²) in [6, 6.07) is 7.69. The van der Waals surface area contributed by atoms with Crippen LogP contribution in [-0.2, 0) is 0 Å². The molecule has 1 heterocycles. The fraction of sp³-hybridized carbons (Fsp3) is 0.385. The number of hydrogen-bond acceptors (Lipinski definition) is 5. The molecule has 0 saturated carbocycles. The van der Waals surface area contributed by atoms with Crippen molar-refractivity contribution in [3.63, 3.8) is 0 Å². The Hall–Kier alpha value is -1.67. The number of anilines is 1. The molecule has 2 aromatic rings. The van der Waals surface area contributed by atoms with Gasteiger partial charge in [-0.1, -0.05) is 11.8 Å². The molecule has 2 rings (SSSR count). The van der Waals surface area contributed by atoms with Gasteiger partial charge >= 0.3 is 0 Å². The first-order valence-electron chi connectivity index (χ1n) is 5.70. The van der Waals surface area contributed by atoms with Crippen LogP contribution in [0.1, 0.15) is 20.3 Å². The zero-order valence-electron chi connectivity index (χ0n) is 10.4. The van der Waals surface area contributed by atoms with Crippen molar-refractivity contribution in [1.29, 1.82) is 5.26 Å². The van der Waals surface area contributed by atoms with Gasteiger partial charge in [-0.05, 0) is 38.5 Å². The Labute approximate surface area is 110 Å². The normalized spacial score (nSPS) is 11.6. The zero-order valence-corrected chi connectivity index (χ0v) is 11.3. The summed E-state index contributed by atoms with van der Waals surface area (Å²) in [6.45, 7) is 3.86. The van der Waals surface area contributed by atoms with Crippen molar-refractivity contribution < 1.29 is 4.42 Å². The van der Waals surface area contributed by atoms with E-state index >= 15 is 0 Å². The Morgan fingerprint density at radius 2 is 2.28 bits per heavy atom. The average Bonchev–Trinajstić information content (AvgIpc) is 2.70. The van der Waals surface area contributed by atoms with Gasteiger partial charge < -0.3 is 10.2 Å². The summed E-state index contributed by atoms with van der Waals surface area (Å²) >= 11 is 1.52.